The second-order valence-corrected chi connectivity index (χ2v) is 7.56. The standard InChI is InChI=1S/C17H20ClNO3S/c1-2-16(13-20)19(12-14-6-4-3-5-7-14)23(21,22)17-10-8-15(18)9-11-17/h3-11,16,20H,2,12-13H2,1H3/t16-/m0/s1. The summed E-state index contributed by atoms with van der Waals surface area (Å²) in [5.74, 6) is 0. The summed E-state index contributed by atoms with van der Waals surface area (Å²) in [6.07, 6.45) is 0.524. The van der Waals surface area contributed by atoms with Gasteiger partial charge in [-0.05, 0) is 36.2 Å². The van der Waals surface area contributed by atoms with E-state index in [0.717, 1.165) is 5.56 Å². The largest absolute Gasteiger partial charge is 0.395 e. The van der Waals surface area contributed by atoms with Crippen LogP contribution in [0.5, 0.6) is 0 Å². The molecule has 23 heavy (non-hydrogen) atoms. The third-order valence-corrected chi connectivity index (χ3v) is 5.86. The van der Waals surface area contributed by atoms with Crippen molar-refractivity contribution in [2.45, 2.75) is 30.8 Å². The van der Waals surface area contributed by atoms with Gasteiger partial charge in [-0.3, -0.25) is 0 Å². The normalized spacial score (nSPS) is 13.2. The Hall–Kier alpha value is -1.40. The van der Waals surface area contributed by atoms with E-state index < -0.39 is 16.1 Å². The van der Waals surface area contributed by atoms with Crippen LogP contribution in [-0.4, -0.2) is 30.5 Å². The fourth-order valence-electron chi connectivity index (χ4n) is 2.34. The summed E-state index contributed by atoms with van der Waals surface area (Å²) in [7, 11) is -3.72. The Labute approximate surface area is 142 Å². The van der Waals surface area contributed by atoms with Gasteiger partial charge >= 0.3 is 0 Å². The van der Waals surface area contributed by atoms with Gasteiger partial charge in [0.05, 0.1) is 11.5 Å². The predicted molar refractivity (Wildman–Crippen MR) is 91.8 cm³/mol. The lowest BCUT2D eigenvalue weighted by Crippen LogP contribution is -2.41. The maximum Gasteiger partial charge on any atom is 0.243 e. The number of rotatable bonds is 7. The summed E-state index contributed by atoms with van der Waals surface area (Å²) >= 11 is 5.84. The van der Waals surface area contributed by atoms with Crippen LogP contribution < -0.4 is 0 Å². The molecule has 0 aliphatic carbocycles. The molecular weight excluding hydrogens is 334 g/mol. The van der Waals surface area contributed by atoms with Gasteiger partial charge in [0.1, 0.15) is 0 Å². The number of sulfonamides is 1. The Morgan fingerprint density at radius 2 is 1.70 bits per heavy atom. The summed E-state index contributed by atoms with van der Waals surface area (Å²) in [5, 5.41) is 10.1. The third-order valence-electron chi connectivity index (χ3n) is 3.69. The van der Waals surface area contributed by atoms with Gasteiger partial charge in [-0.15, -0.1) is 0 Å². The van der Waals surface area contributed by atoms with Crippen LogP contribution in [-0.2, 0) is 16.6 Å². The molecule has 6 heteroatoms. The number of benzene rings is 2. The molecule has 0 saturated carbocycles. The Morgan fingerprint density at radius 1 is 1.09 bits per heavy atom. The van der Waals surface area contributed by atoms with E-state index in [1.54, 1.807) is 12.1 Å². The molecule has 0 aliphatic rings. The van der Waals surface area contributed by atoms with Crippen LogP contribution in [0.3, 0.4) is 0 Å². The van der Waals surface area contributed by atoms with E-state index in [1.807, 2.05) is 37.3 Å². The van der Waals surface area contributed by atoms with Crippen molar-refractivity contribution < 1.29 is 13.5 Å². The highest BCUT2D eigenvalue weighted by Crippen LogP contribution is 2.23. The Kier molecular flexibility index (Phi) is 6.18. The van der Waals surface area contributed by atoms with Crippen molar-refractivity contribution in [1.82, 2.24) is 4.31 Å². The van der Waals surface area contributed by atoms with Crippen LogP contribution >= 0.6 is 11.6 Å². The third kappa shape index (κ3) is 4.32. The highest BCUT2D eigenvalue weighted by atomic mass is 35.5. The minimum Gasteiger partial charge on any atom is -0.395 e. The van der Waals surface area contributed by atoms with Crippen LogP contribution in [0.2, 0.25) is 5.02 Å². The van der Waals surface area contributed by atoms with Gasteiger partial charge < -0.3 is 5.11 Å². The van der Waals surface area contributed by atoms with Crippen LogP contribution in [0.1, 0.15) is 18.9 Å². The minimum atomic E-state index is -3.72. The highest BCUT2D eigenvalue weighted by molar-refractivity contribution is 7.89. The summed E-state index contributed by atoms with van der Waals surface area (Å²) in [4.78, 5) is 0.171. The molecule has 4 nitrogen and oxygen atoms in total. The average Bonchev–Trinajstić information content (AvgIpc) is 2.56. The first kappa shape index (κ1) is 17.9. The van der Waals surface area contributed by atoms with Crippen molar-refractivity contribution in [1.29, 1.82) is 0 Å². The van der Waals surface area contributed by atoms with E-state index in [2.05, 4.69) is 0 Å². The average molecular weight is 354 g/mol. The second-order valence-electron chi connectivity index (χ2n) is 5.23. The first-order valence-electron chi connectivity index (χ1n) is 7.41. The molecule has 0 amide bonds. The zero-order valence-electron chi connectivity index (χ0n) is 12.9. The predicted octanol–water partition coefficient (Wildman–Crippen LogP) is 3.30. The number of halogens is 1. The van der Waals surface area contributed by atoms with Crippen LogP contribution in [0.15, 0.2) is 59.5 Å². The van der Waals surface area contributed by atoms with Gasteiger partial charge in [0.15, 0.2) is 0 Å². The van der Waals surface area contributed by atoms with Crippen molar-refractivity contribution in [3.05, 3.63) is 65.2 Å². The molecule has 0 unspecified atom stereocenters. The lowest BCUT2D eigenvalue weighted by atomic mass is 10.2. The number of nitrogens with zero attached hydrogens (tertiary/aromatic N) is 1. The molecule has 0 aliphatic heterocycles. The van der Waals surface area contributed by atoms with E-state index >= 15 is 0 Å². The summed E-state index contributed by atoms with van der Waals surface area (Å²) in [6, 6.07) is 14.9. The van der Waals surface area contributed by atoms with E-state index in [-0.39, 0.29) is 18.0 Å². The first-order chi connectivity index (χ1) is 11.0. The fraction of sp³-hybridized carbons (Fsp3) is 0.294. The van der Waals surface area contributed by atoms with Crippen LogP contribution in [0.25, 0.3) is 0 Å². The molecule has 2 aromatic rings. The van der Waals surface area contributed by atoms with E-state index in [0.29, 0.717) is 11.4 Å². The van der Waals surface area contributed by atoms with E-state index in [1.165, 1.54) is 16.4 Å². The highest BCUT2D eigenvalue weighted by Gasteiger charge is 2.30. The maximum absolute atomic E-state index is 13.0. The molecule has 0 spiro atoms. The number of aliphatic hydroxyl groups excluding tert-OH is 1. The smallest absolute Gasteiger partial charge is 0.243 e. The lowest BCUT2D eigenvalue weighted by Gasteiger charge is -2.29. The minimum absolute atomic E-state index is 0.171. The zero-order chi connectivity index (χ0) is 16.9. The molecule has 1 N–H and O–H groups in total. The Bertz CT molecular complexity index is 713. The van der Waals surface area contributed by atoms with E-state index in [4.69, 9.17) is 11.6 Å². The Balaban J connectivity index is 2.41. The number of aliphatic hydroxyl groups is 1. The summed E-state index contributed by atoms with van der Waals surface area (Å²) in [6.45, 7) is 1.84. The van der Waals surface area contributed by atoms with Crippen molar-refractivity contribution in [2.24, 2.45) is 0 Å². The monoisotopic (exact) mass is 353 g/mol. The van der Waals surface area contributed by atoms with Crippen LogP contribution in [0.4, 0.5) is 0 Å². The van der Waals surface area contributed by atoms with Gasteiger partial charge in [0, 0.05) is 17.6 Å². The zero-order valence-corrected chi connectivity index (χ0v) is 14.5. The van der Waals surface area contributed by atoms with Gasteiger partial charge in [-0.25, -0.2) is 8.42 Å². The molecule has 0 aromatic heterocycles. The molecular formula is C17H20ClNO3S. The maximum atomic E-state index is 13.0. The van der Waals surface area contributed by atoms with Crippen LogP contribution in [0, 0.1) is 0 Å². The number of hydrogen-bond donors (Lipinski definition) is 1. The quantitative estimate of drug-likeness (QED) is 0.830. The molecule has 0 radical (unpaired) electrons. The molecule has 0 heterocycles. The van der Waals surface area contributed by atoms with Crippen molar-refractivity contribution in [3.63, 3.8) is 0 Å². The topological polar surface area (TPSA) is 57.6 Å². The molecule has 0 fully saturated rings. The van der Waals surface area contributed by atoms with E-state index in [9.17, 15) is 13.5 Å². The SMILES string of the molecule is CC[C@@H](CO)N(Cc1ccccc1)S(=O)(=O)c1ccc(Cl)cc1. The van der Waals surface area contributed by atoms with Crippen molar-refractivity contribution >= 4 is 21.6 Å². The molecule has 2 aromatic carbocycles. The molecule has 124 valence electrons. The molecule has 1 atom stereocenters. The number of hydrogen-bond acceptors (Lipinski definition) is 3. The van der Waals surface area contributed by atoms with Gasteiger partial charge in [0.25, 0.3) is 0 Å². The van der Waals surface area contributed by atoms with Gasteiger partial charge in [-0.2, -0.15) is 4.31 Å². The van der Waals surface area contributed by atoms with Crippen molar-refractivity contribution in [2.75, 3.05) is 6.61 Å². The Morgan fingerprint density at radius 3 is 2.22 bits per heavy atom. The summed E-state index contributed by atoms with van der Waals surface area (Å²) < 4.78 is 27.3. The van der Waals surface area contributed by atoms with Crippen molar-refractivity contribution in [3.8, 4) is 0 Å². The molecule has 0 bridgehead atoms. The molecule has 2 rings (SSSR count). The summed E-state index contributed by atoms with van der Waals surface area (Å²) in [5.41, 5.74) is 0.872. The lowest BCUT2D eigenvalue weighted by molar-refractivity contribution is 0.179. The fourth-order valence-corrected chi connectivity index (χ4v) is 4.14. The first-order valence-corrected chi connectivity index (χ1v) is 9.23. The van der Waals surface area contributed by atoms with Gasteiger partial charge in [-0.1, -0.05) is 48.9 Å². The molecule has 0 saturated heterocycles. The second kappa shape index (κ2) is 7.93. The van der Waals surface area contributed by atoms with Gasteiger partial charge in [0.2, 0.25) is 10.0 Å².